The van der Waals surface area contributed by atoms with Crippen molar-refractivity contribution in [1.29, 1.82) is 0 Å². The van der Waals surface area contributed by atoms with Crippen LogP contribution in [0, 0.1) is 0 Å². The lowest BCUT2D eigenvalue weighted by atomic mass is 10.2. The number of hydrogen-bond acceptors (Lipinski definition) is 5. The first-order valence-corrected chi connectivity index (χ1v) is 5.78. The molecule has 3 N–H and O–H groups in total. The molecule has 3 amide bonds. The molecule has 2 rings (SSSR count). The van der Waals surface area contributed by atoms with Crippen molar-refractivity contribution in [2.45, 2.75) is 19.4 Å². The molecular formula is C12H13N3O6. The number of hydrogen-bond donors (Lipinski definition) is 3. The lowest BCUT2D eigenvalue weighted by molar-refractivity contribution is -0.139. The second-order valence-electron chi connectivity index (χ2n) is 4.00. The van der Waals surface area contributed by atoms with Crippen LogP contribution in [0.2, 0.25) is 0 Å². The average molecular weight is 295 g/mol. The highest BCUT2D eigenvalue weighted by Crippen LogP contribution is 2.18. The zero-order valence-corrected chi connectivity index (χ0v) is 11.0. The summed E-state index contributed by atoms with van der Waals surface area (Å²) in [4.78, 5) is 47.6. The first-order chi connectivity index (χ1) is 9.82. The molecule has 1 saturated heterocycles. The van der Waals surface area contributed by atoms with Crippen LogP contribution >= 0.6 is 0 Å². The molecule has 0 saturated carbocycles. The Balaban J connectivity index is 0.000000491. The Morgan fingerprint density at radius 1 is 1.38 bits per heavy atom. The molecule has 21 heavy (non-hydrogen) atoms. The van der Waals surface area contributed by atoms with Gasteiger partial charge in [-0.05, 0) is 12.1 Å². The van der Waals surface area contributed by atoms with Crippen LogP contribution in [0.15, 0.2) is 24.5 Å². The molecule has 1 aliphatic rings. The Bertz CT molecular complexity index is 555. The number of anilines is 1. The lowest BCUT2D eigenvalue weighted by Gasteiger charge is -2.11. The van der Waals surface area contributed by atoms with Crippen molar-refractivity contribution in [3.05, 3.63) is 24.5 Å². The lowest BCUT2D eigenvalue weighted by Crippen LogP contribution is -2.32. The molecule has 112 valence electrons. The van der Waals surface area contributed by atoms with E-state index >= 15 is 0 Å². The SMILES string of the molecule is CC(=O)O.O=C(O)CC1NC(=O)N(c2cccnc2)C1=O. The van der Waals surface area contributed by atoms with E-state index in [-0.39, 0.29) is 0 Å². The van der Waals surface area contributed by atoms with Gasteiger partial charge in [0.1, 0.15) is 6.04 Å². The van der Waals surface area contributed by atoms with E-state index in [0.29, 0.717) is 5.69 Å². The van der Waals surface area contributed by atoms with Crippen molar-refractivity contribution in [3.8, 4) is 0 Å². The molecule has 9 nitrogen and oxygen atoms in total. The van der Waals surface area contributed by atoms with Crippen LogP contribution in [-0.4, -0.2) is 45.1 Å². The van der Waals surface area contributed by atoms with Gasteiger partial charge in [-0.2, -0.15) is 0 Å². The van der Waals surface area contributed by atoms with Crippen LogP contribution in [-0.2, 0) is 14.4 Å². The fourth-order valence-electron chi connectivity index (χ4n) is 1.57. The number of aliphatic carboxylic acids is 2. The second kappa shape index (κ2) is 6.98. The molecule has 0 spiro atoms. The number of carboxylic acids is 2. The van der Waals surface area contributed by atoms with Crippen molar-refractivity contribution < 1.29 is 29.4 Å². The number of carbonyl (C=O) groups is 4. The molecule has 1 aliphatic heterocycles. The van der Waals surface area contributed by atoms with E-state index in [4.69, 9.17) is 15.0 Å². The van der Waals surface area contributed by atoms with Gasteiger partial charge in [0.25, 0.3) is 11.9 Å². The van der Waals surface area contributed by atoms with Gasteiger partial charge in [0.2, 0.25) is 0 Å². The second-order valence-corrected chi connectivity index (χ2v) is 4.00. The van der Waals surface area contributed by atoms with Crippen LogP contribution in [0.5, 0.6) is 0 Å². The van der Waals surface area contributed by atoms with E-state index in [1.165, 1.54) is 12.4 Å². The Labute approximate surface area is 119 Å². The molecule has 0 radical (unpaired) electrons. The maximum Gasteiger partial charge on any atom is 0.329 e. The number of nitrogens with zero attached hydrogens (tertiary/aromatic N) is 2. The zero-order chi connectivity index (χ0) is 16.0. The van der Waals surface area contributed by atoms with Gasteiger partial charge in [-0.3, -0.25) is 19.4 Å². The van der Waals surface area contributed by atoms with Gasteiger partial charge in [-0.25, -0.2) is 9.69 Å². The minimum absolute atomic E-state index is 0.322. The number of pyridine rings is 1. The van der Waals surface area contributed by atoms with E-state index in [1.807, 2.05) is 0 Å². The molecule has 1 aromatic rings. The Morgan fingerprint density at radius 2 is 2.00 bits per heavy atom. The number of nitrogens with one attached hydrogen (secondary N) is 1. The summed E-state index contributed by atoms with van der Waals surface area (Å²) in [6.07, 6.45) is 2.44. The maximum atomic E-state index is 11.8. The highest BCUT2D eigenvalue weighted by atomic mass is 16.4. The van der Waals surface area contributed by atoms with E-state index in [1.54, 1.807) is 12.1 Å². The van der Waals surface area contributed by atoms with Gasteiger partial charge < -0.3 is 15.5 Å². The van der Waals surface area contributed by atoms with Crippen LogP contribution < -0.4 is 10.2 Å². The summed E-state index contributed by atoms with van der Waals surface area (Å²) in [5, 5.41) is 18.3. The first kappa shape index (κ1) is 16.1. The molecule has 1 unspecified atom stereocenters. The fourth-order valence-corrected chi connectivity index (χ4v) is 1.57. The largest absolute Gasteiger partial charge is 0.481 e. The summed E-state index contributed by atoms with van der Waals surface area (Å²) < 4.78 is 0. The number of urea groups is 1. The number of carbonyl (C=O) groups excluding carboxylic acids is 2. The van der Waals surface area contributed by atoms with Crippen LogP contribution in [0.25, 0.3) is 0 Å². The van der Waals surface area contributed by atoms with Crippen molar-refractivity contribution in [3.63, 3.8) is 0 Å². The molecule has 0 aliphatic carbocycles. The number of rotatable bonds is 3. The monoisotopic (exact) mass is 295 g/mol. The maximum absolute atomic E-state index is 11.8. The number of amides is 3. The topological polar surface area (TPSA) is 137 Å². The van der Waals surface area contributed by atoms with Crippen LogP contribution in [0.4, 0.5) is 10.5 Å². The molecule has 1 fully saturated rings. The minimum atomic E-state index is -1.14. The smallest absolute Gasteiger partial charge is 0.329 e. The quantitative estimate of drug-likeness (QED) is 0.671. The highest BCUT2D eigenvalue weighted by molar-refractivity contribution is 6.21. The van der Waals surface area contributed by atoms with Gasteiger partial charge in [0, 0.05) is 13.1 Å². The van der Waals surface area contributed by atoms with Gasteiger partial charge in [0.15, 0.2) is 0 Å². The van der Waals surface area contributed by atoms with E-state index < -0.39 is 36.3 Å². The van der Waals surface area contributed by atoms with Gasteiger partial charge >= 0.3 is 12.0 Å². The zero-order valence-electron chi connectivity index (χ0n) is 11.0. The normalized spacial score (nSPS) is 16.8. The summed E-state index contributed by atoms with van der Waals surface area (Å²) in [5.41, 5.74) is 0.322. The molecule has 1 atom stereocenters. The predicted molar refractivity (Wildman–Crippen MR) is 69.6 cm³/mol. The van der Waals surface area contributed by atoms with Crippen molar-refractivity contribution in [1.82, 2.24) is 10.3 Å². The molecule has 1 aromatic heterocycles. The Kier molecular flexibility index (Phi) is 5.35. The summed E-state index contributed by atoms with van der Waals surface area (Å²) in [6, 6.07) is 1.49. The number of imide groups is 1. The van der Waals surface area contributed by atoms with Crippen LogP contribution in [0.1, 0.15) is 13.3 Å². The summed E-state index contributed by atoms with van der Waals surface area (Å²) in [6.45, 7) is 1.08. The third-order valence-corrected chi connectivity index (χ3v) is 2.30. The van der Waals surface area contributed by atoms with Gasteiger partial charge in [-0.1, -0.05) is 0 Å². The first-order valence-electron chi connectivity index (χ1n) is 5.78. The number of aromatic nitrogens is 1. The fraction of sp³-hybridized carbons (Fsp3) is 0.250. The van der Waals surface area contributed by atoms with E-state index in [2.05, 4.69) is 10.3 Å². The van der Waals surface area contributed by atoms with Crippen LogP contribution in [0.3, 0.4) is 0 Å². The van der Waals surface area contributed by atoms with Crippen molar-refractivity contribution in [2.24, 2.45) is 0 Å². The summed E-state index contributed by atoms with van der Waals surface area (Å²) in [5.74, 6) is -2.55. The Morgan fingerprint density at radius 3 is 2.48 bits per heavy atom. The molecule has 2 heterocycles. The summed E-state index contributed by atoms with van der Waals surface area (Å²) >= 11 is 0. The third-order valence-electron chi connectivity index (χ3n) is 2.30. The van der Waals surface area contributed by atoms with Gasteiger partial charge in [0.05, 0.1) is 18.3 Å². The van der Waals surface area contributed by atoms with E-state index in [0.717, 1.165) is 11.8 Å². The average Bonchev–Trinajstić information content (AvgIpc) is 2.64. The minimum Gasteiger partial charge on any atom is -0.481 e. The predicted octanol–water partition coefficient (Wildman–Crippen LogP) is 0.0720. The van der Waals surface area contributed by atoms with Crippen molar-refractivity contribution >= 4 is 29.6 Å². The highest BCUT2D eigenvalue weighted by Gasteiger charge is 2.40. The summed E-state index contributed by atoms with van der Waals surface area (Å²) in [7, 11) is 0. The van der Waals surface area contributed by atoms with Crippen molar-refractivity contribution in [2.75, 3.05) is 4.90 Å². The molecular weight excluding hydrogens is 282 g/mol. The third kappa shape index (κ3) is 4.56. The molecule has 0 bridgehead atoms. The molecule has 9 heteroatoms. The standard InChI is InChI=1S/C10H9N3O4.C2H4O2/c14-8(15)4-7-9(16)13(10(17)12-7)6-2-1-3-11-5-6;1-2(3)4/h1-3,5,7H,4H2,(H,12,17)(H,14,15);1H3,(H,3,4). The molecule has 0 aromatic carbocycles. The number of carboxylic acid groups (broad SMARTS) is 2. The van der Waals surface area contributed by atoms with Gasteiger partial charge in [-0.15, -0.1) is 0 Å². The Hall–Kier alpha value is -2.97. The van der Waals surface area contributed by atoms with E-state index in [9.17, 15) is 14.4 Å².